The second kappa shape index (κ2) is 3.85. The molecule has 7 heteroatoms. The lowest BCUT2D eigenvalue weighted by Crippen LogP contribution is -2.10. The fourth-order valence-corrected chi connectivity index (χ4v) is 1.49. The molecule has 7 nitrogen and oxygen atoms in total. The van der Waals surface area contributed by atoms with E-state index in [1.54, 1.807) is 6.92 Å². The first-order valence-electron chi connectivity index (χ1n) is 4.88. The number of Topliss-reactive ketones (excluding diaryl/α,β-unsaturated/α-hetero) is 1. The van der Waals surface area contributed by atoms with Gasteiger partial charge in [0.1, 0.15) is 0 Å². The summed E-state index contributed by atoms with van der Waals surface area (Å²) in [5.41, 5.74) is -0.0710. The Hall–Kier alpha value is -2.44. The minimum absolute atomic E-state index is 0.0601. The Morgan fingerprint density at radius 2 is 2.18 bits per heavy atom. The number of fused-ring (bicyclic) bond motifs is 1. The van der Waals surface area contributed by atoms with Gasteiger partial charge in [-0.2, -0.15) is 0 Å². The third-order valence-corrected chi connectivity index (χ3v) is 2.30. The lowest BCUT2D eigenvalue weighted by Gasteiger charge is -2.05. The summed E-state index contributed by atoms with van der Waals surface area (Å²) in [7, 11) is 0. The molecule has 2 aromatic rings. The molecule has 0 amide bonds. The van der Waals surface area contributed by atoms with Crippen molar-refractivity contribution in [3.8, 4) is 6.01 Å². The first-order valence-corrected chi connectivity index (χ1v) is 4.88. The van der Waals surface area contributed by atoms with Crippen LogP contribution in [0, 0.1) is 0 Å². The molecule has 0 aliphatic carbocycles. The van der Waals surface area contributed by atoms with Crippen molar-refractivity contribution in [1.29, 1.82) is 0 Å². The van der Waals surface area contributed by atoms with Crippen LogP contribution in [0.2, 0.25) is 0 Å². The molecular formula is C10H9N3O4. The van der Waals surface area contributed by atoms with Gasteiger partial charge in [-0.15, -0.1) is 0 Å². The van der Waals surface area contributed by atoms with Gasteiger partial charge in [-0.3, -0.25) is 4.79 Å². The maximum atomic E-state index is 11.7. The standard InChI is InChI=1S/C10H9N3O4/c1-2-7(14)6-3-5(9(15)16)12-8-4-11-10(17)13(6)8/h3-4H,2H2,1H3,(H,11,17)(H,15,16). The van der Waals surface area contributed by atoms with Crippen LogP contribution >= 0.6 is 0 Å². The van der Waals surface area contributed by atoms with Crippen molar-refractivity contribution in [2.75, 3.05) is 0 Å². The van der Waals surface area contributed by atoms with Crippen LogP contribution in [-0.4, -0.2) is 36.3 Å². The van der Waals surface area contributed by atoms with E-state index in [2.05, 4.69) is 9.97 Å². The number of nitrogens with zero attached hydrogens (tertiary/aromatic N) is 3. The smallest absolute Gasteiger partial charge is 0.354 e. The predicted octanol–water partition coefficient (Wildman–Crippen LogP) is 0.726. The summed E-state index contributed by atoms with van der Waals surface area (Å²) >= 11 is 0. The minimum Gasteiger partial charge on any atom is -0.480 e. The van der Waals surface area contributed by atoms with Gasteiger partial charge in [-0.05, 0) is 6.07 Å². The molecule has 0 saturated heterocycles. The van der Waals surface area contributed by atoms with Gasteiger partial charge in [0.2, 0.25) is 0 Å². The van der Waals surface area contributed by atoms with E-state index in [0.717, 1.165) is 10.5 Å². The summed E-state index contributed by atoms with van der Waals surface area (Å²) in [6.07, 6.45) is 1.39. The Morgan fingerprint density at radius 3 is 2.76 bits per heavy atom. The molecule has 0 spiro atoms. The zero-order valence-electron chi connectivity index (χ0n) is 8.91. The van der Waals surface area contributed by atoms with E-state index in [9.17, 15) is 14.7 Å². The zero-order valence-corrected chi connectivity index (χ0v) is 8.91. The highest BCUT2D eigenvalue weighted by atomic mass is 16.4. The Labute approximate surface area is 95.4 Å². The normalized spacial score (nSPS) is 10.6. The van der Waals surface area contributed by atoms with E-state index in [1.165, 1.54) is 6.20 Å². The van der Waals surface area contributed by atoms with Crippen molar-refractivity contribution < 1.29 is 19.8 Å². The number of carboxylic acid groups (broad SMARTS) is 1. The summed E-state index contributed by atoms with van der Waals surface area (Å²) < 4.78 is 1.12. The van der Waals surface area contributed by atoms with Crippen LogP contribution in [0.4, 0.5) is 0 Å². The van der Waals surface area contributed by atoms with Gasteiger partial charge in [-0.1, -0.05) is 6.92 Å². The van der Waals surface area contributed by atoms with Crippen LogP contribution in [0.25, 0.3) is 5.65 Å². The largest absolute Gasteiger partial charge is 0.480 e. The lowest BCUT2D eigenvalue weighted by atomic mass is 10.2. The molecule has 17 heavy (non-hydrogen) atoms. The zero-order chi connectivity index (χ0) is 12.6. The number of carbonyl (C=O) groups is 2. The van der Waals surface area contributed by atoms with E-state index in [-0.39, 0.29) is 35.2 Å². The second-order valence-corrected chi connectivity index (χ2v) is 3.36. The van der Waals surface area contributed by atoms with Crippen molar-refractivity contribution in [2.45, 2.75) is 13.3 Å². The van der Waals surface area contributed by atoms with Gasteiger partial charge in [0.15, 0.2) is 17.1 Å². The van der Waals surface area contributed by atoms with Crippen molar-refractivity contribution >= 4 is 17.4 Å². The fraction of sp³-hybridized carbons (Fsp3) is 0.200. The van der Waals surface area contributed by atoms with Crippen LogP contribution in [0.1, 0.15) is 34.3 Å². The van der Waals surface area contributed by atoms with Crippen LogP contribution in [-0.2, 0) is 0 Å². The molecule has 0 aliphatic rings. The number of aromatic carboxylic acids is 1. The molecule has 2 rings (SSSR count). The van der Waals surface area contributed by atoms with Crippen molar-refractivity contribution in [3.05, 3.63) is 23.7 Å². The van der Waals surface area contributed by atoms with Crippen LogP contribution in [0.3, 0.4) is 0 Å². The van der Waals surface area contributed by atoms with Gasteiger partial charge in [0.25, 0.3) is 6.01 Å². The number of aromatic hydroxyl groups is 1. The summed E-state index contributed by atoms with van der Waals surface area (Å²) in [5.74, 6) is -1.54. The molecule has 0 radical (unpaired) electrons. The summed E-state index contributed by atoms with van der Waals surface area (Å²) in [6.45, 7) is 1.64. The summed E-state index contributed by atoms with van der Waals surface area (Å²) in [6, 6.07) is 0.740. The van der Waals surface area contributed by atoms with Crippen molar-refractivity contribution in [2.24, 2.45) is 0 Å². The van der Waals surface area contributed by atoms with Crippen LogP contribution < -0.4 is 0 Å². The third-order valence-electron chi connectivity index (χ3n) is 2.30. The van der Waals surface area contributed by atoms with Gasteiger partial charge in [0, 0.05) is 6.42 Å². The summed E-state index contributed by atoms with van der Waals surface area (Å²) in [5, 5.41) is 18.3. The monoisotopic (exact) mass is 235 g/mol. The highest BCUT2D eigenvalue weighted by Gasteiger charge is 2.17. The van der Waals surface area contributed by atoms with Gasteiger partial charge < -0.3 is 10.2 Å². The predicted molar refractivity (Wildman–Crippen MR) is 56.2 cm³/mol. The van der Waals surface area contributed by atoms with Gasteiger partial charge >= 0.3 is 5.97 Å². The van der Waals surface area contributed by atoms with E-state index in [1.807, 2.05) is 0 Å². The molecule has 0 aliphatic heterocycles. The number of rotatable bonds is 3. The fourth-order valence-electron chi connectivity index (χ4n) is 1.49. The Bertz CT molecular complexity index is 617. The maximum Gasteiger partial charge on any atom is 0.354 e. The average Bonchev–Trinajstić information content (AvgIpc) is 2.69. The number of carboxylic acids is 1. The first kappa shape index (κ1) is 11.1. The Balaban J connectivity index is 2.80. The molecule has 0 bridgehead atoms. The number of hydrogen-bond donors (Lipinski definition) is 2. The molecule has 2 heterocycles. The first-order chi connectivity index (χ1) is 8.04. The molecule has 0 unspecified atom stereocenters. The molecule has 0 atom stereocenters. The third kappa shape index (κ3) is 1.71. The number of ketones is 1. The van der Waals surface area contributed by atoms with Gasteiger partial charge in [-0.25, -0.2) is 19.2 Å². The molecule has 0 fully saturated rings. The van der Waals surface area contributed by atoms with E-state index in [4.69, 9.17) is 5.11 Å². The van der Waals surface area contributed by atoms with E-state index in [0.29, 0.717) is 0 Å². The second-order valence-electron chi connectivity index (χ2n) is 3.36. The maximum absolute atomic E-state index is 11.7. The number of aromatic nitrogens is 3. The number of carbonyl (C=O) groups excluding carboxylic acids is 1. The highest BCUT2D eigenvalue weighted by molar-refractivity contribution is 5.97. The molecular weight excluding hydrogens is 226 g/mol. The topological polar surface area (TPSA) is 105 Å². The Kier molecular flexibility index (Phi) is 2.51. The molecule has 88 valence electrons. The van der Waals surface area contributed by atoms with Crippen molar-refractivity contribution in [3.63, 3.8) is 0 Å². The van der Waals surface area contributed by atoms with Crippen molar-refractivity contribution in [1.82, 2.24) is 14.4 Å². The lowest BCUT2D eigenvalue weighted by molar-refractivity contribution is 0.0690. The SMILES string of the molecule is CCC(=O)c1cc(C(=O)O)nc2cnc(O)n12. The number of imidazole rings is 1. The Morgan fingerprint density at radius 1 is 1.47 bits per heavy atom. The molecule has 2 N–H and O–H groups in total. The van der Waals surface area contributed by atoms with Crippen LogP contribution in [0.15, 0.2) is 12.3 Å². The number of hydrogen-bond acceptors (Lipinski definition) is 5. The van der Waals surface area contributed by atoms with E-state index >= 15 is 0 Å². The highest BCUT2D eigenvalue weighted by Crippen LogP contribution is 2.16. The summed E-state index contributed by atoms with van der Waals surface area (Å²) in [4.78, 5) is 29.9. The minimum atomic E-state index is -1.24. The average molecular weight is 235 g/mol. The molecule has 2 aromatic heterocycles. The van der Waals surface area contributed by atoms with Gasteiger partial charge in [0.05, 0.1) is 11.9 Å². The van der Waals surface area contributed by atoms with E-state index < -0.39 is 5.97 Å². The van der Waals surface area contributed by atoms with Crippen LogP contribution in [0.5, 0.6) is 6.01 Å². The molecule has 0 saturated carbocycles. The molecule has 0 aromatic carbocycles. The quantitative estimate of drug-likeness (QED) is 0.759.